The SMILES string of the molecule is Cc1ccc(S(=O)(=O)N2CCN(C(=O)CSc3ncnc4sc5c(c34)CCC5)CC2)cc1. The number of carbonyl (C=O) groups is 1. The van der Waals surface area contributed by atoms with Crippen molar-refractivity contribution in [1.29, 1.82) is 0 Å². The molecule has 0 radical (unpaired) electrons. The van der Waals surface area contributed by atoms with Gasteiger partial charge in [0.1, 0.15) is 16.2 Å². The van der Waals surface area contributed by atoms with Crippen molar-refractivity contribution in [2.45, 2.75) is 36.1 Å². The number of piperazine rings is 1. The van der Waals surface area contributed by atoms with Crippen LogP contribution in [0.2, 0.25) is 0 Å². The van der Waals surface area contributed by atoms with E-state index < -0.39 is 10.0 Å². The van der Waals surface area contributed by atoms with Crippen LogP contribution in [0.1, 0.15) is 22.4 Å². The largest absolute Gasteiger partial charge is 0.339 e. The van der Waals surface area contributed by atoms with Gasteiger partial charge in [0, 0.05) is 36.4 Å². The molecule has 0 spiro atoms. The molecule has 5 rings (SSSR count). The van der Waals surface area contributed by atoms with Crippen LogP contribution < -0.4 is 0 Å². The number of hydrogen-bond donors (Lipinski definition) is 0. The molecule has 1 amide bonds. The highest BCUT2D eigenvalue weighted by molar-refractivity contribution is 8.00. The molecule has 168 valence electrons. The van der Waals surface area contributed by atoms with E-state index in [0.29, 0.717) is 36.8 Å². The Bertz CT molecular complexity index is 1260. The van der Waals surface area contributed by atoms with Crippen molar-refractivity contribution in [3.8, 4) is 0 Å². The molecule has 2 aliphatic rings. The molecule has 32 heavy (non-hydrogen) atoms. The standard InChI is InChI=1S/C22H24N4O3S3/c1-15-5-7-16(8-6-15)32(28,29)26-11-9-25(10-12-26)19(27)13-30-21-20-17-3-2-4-18(17)31-22(20)24-14-23-21/h5-8,14H,2-4,9-13H2,1H3. The van der Waals surface area contributed by atoms with E-state index in [1.807, 2.05) is 6.92 Å². The summed E-state index contributed by atoms with van der Waals surface area (Å²) in [4.78, 5) is 26.2. The quantitative estimate of drug-likeness (QED) is 0.405. The van der Waals surface area contributed by atoms with E-state index in [2.05, 4.69) is 9.97 Å². The lowest BCUT2D eigenvalue weighted by Crippen LogP contribution is -2.50. The number of thiophene rings is 1. The van der Waals surface area contributed by atoms with Gasteiger partial charge in [0.2, 0.25) is 15.9 Å². The summed E-state index contributed by atoms with van der Waals surface area (Å²) in [7, 11) is -3.53. The van der Waals surface area contributed by atoms with Gasteiger partial charge in [-0.1, -0.05) is 29.5 Å². The summed E-state index contributed by atoms with van der Waals surface area (Å²) in [5.74, 6) is 0.308. The smallest absolute Gasteiger partial charge is 0.243 e. The van der Waals surface area contributed by atoms with E-state index in [1.165, 1.54) is 32.9 Å². The summed E-state index contributed by atoms with van der Waals surface area (Å²) in [6.45, 7) is 3.34. The molecule has 1 aromatic carbocycles. The van der Waals surface area contributed by atoms with Gasteiger partial charge in [-0.2, -0.15) is 4.31 Å². The fourth-order valence-electron chi connectivity index (χ4n) is 4.27. The summed E-state index contributed by atoms with van der Waals surface area (Å²) in [6.07, 6.45) is 4.91. The van der Waals surface area contributed by atoms with Gasteiger partial charge >= 0.3 is 0 Å². The molecule has 0 saturated carbocycles. The molecule has 0 unspecified atom stereocenters. The third-order valence-corrected chi connectivity index (χ3v) is 10.1. The first-order chi connectivity index (χ1) is 15.4. The van der Waals surface area contributed by atoms with Crippen LogP contribution in [0, 0.1) is 6.92 Å². The lowest BCUT2D eigenvalue weighted by atomic mass is 10.2. The molecular formula is C22H24N4O3S3. The van der Waals surface area contributed by atoms with Crippen LogP contribution in [0.3, 0.4) is 0 Å². The Morgan fingerprint density at radius 2 is 1.84 bits per heavy atom. The number of sulfonamides is 1. The highest BCUT2D eigenvalue weighted by Gasteiger charge is 2.30. The first-order valence-corrected chi connectivity index (χ1v) is 13.9. The first kappa shape index (κ1) is 21.8. The van der Waals surface area contributed by atoms with Gasteiger partial charge in [0.15, 0.2) is 0 Å². The van der Waals surface area contributed by atoms with E-state index in [1.54, 1.807) is 46.8 Å². The number of rotatable bonds is 5. The third-order valence-electron chi connectivity index (χ3n) is 6.05. The third kappa shape index (κ3) is 4.05. The molecule has 7 nitrogen and oxygen atoms in total. The zero-order valence-corrected chi connectivity index (χ0v) is 20.2. The molecule has 0 atom stereocenters. The fourth-order valence-corrected chi connectivity index (χ4v) is 7.91. The number of amides is 1. The van der Waals surface area contributed by atoms with Crippen LogP contribution in [0.4, 0.5) is 0 Å². The Morgan fingerprint density at radius 3 is 2.59 bits per heavy atom. The van der Waals surface area contributed by atoms with Crippen molar-refractivity contribution in [3.05, 3.63) is 46.6 Å². The van der Waals surface area contributed by atoms with E-state index >= 15 is 0 Å². The molecule has 1 fully saturated rings. The molecule has 1 aliphatic carbocycles. The summed E-state index contributed by atoms with van der Waals surface area (Å²) < 4.78 is 27.2. The Morgan fingerprint density at radius 1 is 1.09 bits per heavy atom. The van der Waals surface area contributed by atoms with E-state index in [-0.39, 0.29) is 5.91 Å². The van der Waals surface area contributed by atoms with Crippen LogP contribution >= 0.6 is 23.1 Å². The number of aryl methyl sites for hydroxylation is 3. The van der Waals surface area contributed by atoms with E-state index in [4.69, 9.17) is 0 Å². The summed E-state index contributed by atoms with van der Waals surface area (Å²) >= 11 is 3.20. The molecular weight excluding hydrogens is 464 g/mol. The maximum Gasteiger partial charge on any atom is 0.243 e. The van der Waals surface area contributed by atoms with Gasteiger partial charge in [0.05, 0.1) is 10.6 Å². The van der Waals surface area contributed by atoms with Crippen molar-refractivity contribution in [3.63, 3.8) is 0 Å². The Balaban J connectivity index is 1.21. The molecule has 3 aromatic rings. The average molecular weight is 489 g/mol. The van der Waals surface area contributed by atoms with Crippen molar-refractivity contribution in [2.24, 2.45) is 0 Å². The average Bonchev–Trinajstić information content (AvgIpc) is 3.39. The zero-order valence-electron chi connectivity index (χ0n) is 17.8. The molecule has 0 N–H and O–H groups in total. The first-order valence-electron chi connectivity index (χ1n) is 10.7. The maximum absolute atomic E-state index is 12.9. The predicted molar refractivity (Wildman–Crippen MR) is 127 cm³/mol. The van der Waals surface area contributed by atoms with Crippen LogP contribution in [-0.2, 0) is 27.7 Å². The number of carbonyl (C=O) groups excluding carboxylic acids is 1. The molecule has 10 heteroatoms. The van der Waals surface area contributed by atoms with Gasteiger partial charge < -0.3 is 4.90 Å². The van der Waals surface area contributed by atoms with Crippen molar-refractivity contribution in [1.82, 2.24) is 19.2 Å². The number of thioether (sulfide) groups is 1. The van der Waals surface area contributed by atoms with E-state index in [9.17, 15) is 13.2 Å². The van der Waals surface area contributed by atoms with Gasteiger partial charge in [-0.25, -0.2) is 18.4 Å². The van der Waals surface area contributed by atoms with Crippen LogP contribution in [0.25, 0.3) is 10.2 Å². The van der Waals surface area contributed by atoms with E-state index in [0.717, 1.165) is 33.6 Å². The summed E-state index contributed by atoms with van der Waals surface area (Å²) in [5.41, 5.74) is 2.38. The van der Waals surface area contributed by atoms with Gasteiger partial charge in [-0.3, -0.25) is 4.79 Å². The number of benzene rings is 1. The molecule has 1 aliphatic heterocycles. The number of fused-ring (bicyclic) bond motifs is 3. The van der Waals surface area contributed by atoms with Gasteiger partial charge in [0.25, 0.3) is 0 Å². The van der Waals surface area contributed by atoms with Gasteiger partial charge in [-0.15, -0.1) is 11.3 Å². The normalized spacial score (nSPS) is 17.1. The molecule has 3 heterocycles. The van der Waals surface area contributed by atoms with Crippen molar-refractivity contribution >= 4 is 49.2 Å². The van der Waals surface area contributed by atoms with Crippen molar-refractivity contribution in [2.75, 3.05) is 31.9 Å². The number of hydrogen-bond acceptors (Lipinski definition) is 7. The molecule has 2 aromatic heterocycles. The minimum atomic E-state index is -3.53. The number of nitrogens with zero attached hydrogens (tertiary/aromatic N) is 4. The summed E-state index contributed by atoms with van der Waals surface area (Å²) in [5, 5.41) is 2.00. The minimum absolute atomic E-state index is 0.0148. The Hall–Kier alpha value is -2.01. The second-order valence-corrected chi connectivity index (χ2v) is 12.1. The number of aromatic nitrogens is 2. The minimum Gasteiger partial charge on any atom is -0.339 e. The monoisotopic (exact) mass is 488 g/mol. The van der Waals surface area contributed by atoms with Gasteiger partial charge in [-0.05, 0) is 43.9 Å². The van der Waals surface area contributed by atoms with Crippen LogP contribution in [-0.4, -0.2) is 65.4 Å². The molecule has 1 saturated heterocycles. The Kier molecular flexibility index (Phi) is 5.96. The van der Waals surface area contributed by atoms with Crippen LogP contribution in [0.5, 0.6) is 0 Å². The highest BCUT2D eigenvalue weighted by atomic mass is 32.2. The van der Waals surface area contributed by atoms with Crippen LogP contribution in [0.15, 0.2) is 40.5 Å². The second kappa shape index (κ2) is 8.74. The van der Waals surface area contributed by atoms with Crippen molar-refractivity contribution < 1.29 is 13.2 Å². The highest BCUT2D eigenvalue weighted by Crippen LogP contribution is 2.40. The molecule has 0 bridgehead atoms. The zero-order chi connectivity index (χ0) is 22.3. The Labute approximate surface area is 195 Å². The maximum atomic E-state index is 12.9. The second-order valence-electron chi connectivity index (χ2n) is 8.10. The fraction of sp³-hybridized carbons (Fsp3) is 0.409. The predicted octanol–water partition coefficient (Wildman–Crippen LogP) is 3.11. The summed E-state index contributed by atoms with van der Waals surface area (Å²) in [6, 6.07) is 6.89. The lowest BCUT2D eigenvalue weighted by Gasteiger charge is -2.34. The lowest BCUT2D eigenvalue weighted by molar-refractivity contribution is -0.129. The topological polar surface area (TPSA) is 83.5 Å².